The summed E-state index contributed by atoms with van der Waals surface area (Å²) in [6.45, 7) is 0. The van der Waals surface area contributed by atoms with Gasteiger partial charge in [0.2, 0.25) is 0 Å². The fraction of sp³-hybridized carbons (Fsp3) is 0. The van der Waals surface area contributed by atoms with Crippen LogP contribution in [0.5, 0.6) is 0 Å². The molecule has 0 fully saturated rings. The third-order valence-electron chi connectivity index (χ3n) is 0. The Morgan fingerprint density at radius 2 is 2.00 bits per heavy atom. The molecule has 18 valence electrons. The van der Waals surface area contributed by atoms with Gasteiger partial charge in [0.15, 0.2) is 0 Å². The van der Waals surface area contributed by atoms with Crippen molar-refractivity contribution in [2.75, 3.05) is 0 Å². The van der Waals surface area contributed by atoms with Crippen LogP contribution in [0.15, 0.2) is 0 Å². The van der Waals surface area contributed by atoms with Crippen molar-refractivity contribution in [1.29, 1.82) is 0 Å². The molecule has 0 spiro atoms. The zero-order valence-electron chi connectivity index (χ0n) is 2.33. The Morgan fingerprint density at radius 1 is 2.00 bits per heavy atom. The number of hydrogen-bond donors (Lipinski definition) is 0. The van der Waals surface area contributed by atoms with Crippen molar-refractivity contribution in [2.24, 2.45) is 0 Å². The monoisotopic (exact) mass is 164 g/mol. The normalized spacial score (nSPS) is 7.00. The Hall–Kier alpha value is 1.32. The Labute approximate surface area is 47.5 Å². The second kappa shape index (κ2) is 2.55. The van der Waals surface area contributed by atoms with E-state index in [2.05, 4.69) is 0 Å². The minimum absolute atomic E-state index is 0.697. The average molecular weight is 164 g/mol. The van der Waals surface area contributed by atoms with Crippen LogP contribution < -0.4 is 0 Å². The Kier molecular flexibility index (Phi) is 3.40. The first kappa shape index (κ1) is 5.32. The summed E-state index contributed by atoms with van der Waals surface area (Å²) in [6.07, 6.45) is 0. The van der Waals surface area contributed by atoms with Gasteiger partial charge in [-0.15, -0.1) is 0 Å². The van der Waals surface area contributed by atoms with Gasteiger partial charge in [0, 0.05) is 0 Å². The van der Waals surface area contributed by atoms with Gasteiger partial charge in [-0.2, -0.15) is 0 Å². The van der Waals surface area contributed by atoms with Gasteiger partial charge in [0.1, 0.15) is 0 Å². The molecule has 0 aliphatic rings. The summed E-state index contributed by atoms with van der Waals surface area (Å²) in [5.74, 6) is 0. The summed E-state index contributed by atoms with van der Waals surface area (Å²) in [5.41, 5.74) is 0. The summed E-state index contributed by atoms with van der Waals surface area (Å²) in [6, 6.07) is 0. The molecule has 0 radical (unpaired) electrons. The summed E-state index contributed by atoms with van der Waals surface area (Å²) in [7, 11) is 0. The van der Waals surface area contributed by atoms with Gasteiger partial charge in [-0.3, -0.25) is 0 Å². The predicted molar refractivity (Wildman–Crippen MR) is 26.6 cm³/mol. The topological polar surface area (TPSA) is 0 Å². The van der Waals surface area contributed by atoms with Crippen molar-refractivity contribution in [1.82, 2.24) is 0 Å². The average Bonchev–Trinajstić information content (AvgIpc) is 0.811. The van der Waals surface area contributed by atoms with Gasteiger partial charge in [-0.05, 0) is 0 Å². The van der Waals surface area contributed by atoms with Crippen LogP contribution >= 0.6 is 22.4 Å². The van der Waals surface area contributed by atoms with E-state index in [4.69, 9.17) is 0 Å². The molecule has 0 saturated heterocycles. The molecular weight excluding hydrogens is 164 g/mol. The van der Waals surface area contributed by atoms with Crippen molar-refractivity contribution in [3.63, 3.8) is 0 Å². The number of halogens is 2. The number of rotatable bonds is 0. The van der Waals surface area contributed by atoms with Gasteiger partial charge >= 0.3 is 47.6 Å². The van der Waals surface area contributed by atoms with Crippen LogP contribution in [0.25, 0.3) is 0 Å². The quantitative estimate of drug-likeness (QED) is 0.361. The van der Waals surface area contributed by atoms with Crippen LogP contribution in [0.3, 0.4) is 0 Å². The van der Waals surface area contributed by atoms with E-state index in [1.165, 1.54) is 17.5 Å². The zero-order chi connectivity index (χ0) is 3.58. The molecule has 4 heteroatoms. The van der Waals surface area contributed by atoms with Crippen molar-refractivity contribution < 1.29 is 4.32 Å². The van der Waals surface area contributed by atoms with Gasteiger partial charge < -0.3 is 0 Å². The van der Waals surface area contributed by atoms with E-state index in [0.717, 1.165) is 0 Å². The molecule has 4 heavy (non-hydrogen) atoms. The molecule has 0 aromatic heterocycles. The van der Waals surface area contributed by atoms with Crippen LogP contribution in [0.1, 0.15) is 0 Å². The maximum absolute atomic E-state index is 11.0. The Bertz CT molecular complexity index is 12.8. The second-order valence-electron chi connectivity index (χ2n) is 0.519. The minimum atomic E-state index is -0.697. The van der Waals surface area contributed by atoms with E-state index in [1.807, 2.05) is 0 Å². The molecule has 0 saturated carbocycles. The van der Waals surface area contributed by atoms with E-state index in [1.54, 1.807) is 22.4 Å². The Morgan fingerprint density at radius 3 is 2.00 bits per heavy atom. The fourth-order valence-electron chi connectivity index (χ4n) is 0. The standard InChI is InChI=1S/BFI.Li/c2-1-3;/q+1;-1. The Balaban J connectivity index is 2.32. The molecule has 0 unspecified atom stereocenters. The first-order chi connectivity index (χ1) is 1.73. The van der Waals surface area contributed by atoms with Crippen molar-refractivity contribution >= 4 is 43.3 Å². The van der Waals surface area contributed by atoms with Crippen molar-refractivity contribution in [2.45, 2.75) is 0 Å². The van der Waals surface area contributed by atoms with Crippen LogP contribution in [0.4, 0.5) is 4.32 Å². The molecule has 0 rings (SSSR count). The van der Waals surface area contributed by atoms with E-state index in [-0.39, 0.29) is 0 Å². The first-order valence-electron chi connectivity index (χ1n) is 1.01. The molecule has 0 aromatic rings. The third kappa shape index (κ3) is 10.2. The van der Waals surface area contributed by atoms with Gasteiger partial charge in [0.25, 0.3) is 0 Å². The van der Waals surface area contributed by atoms with E-state index in [9.17, 15) is 4.32 Å². The van der Waals surface area contributed by atoms with E-state index >= 15 is 0 Å². The molecule has 0 bridgehead atoms. The maximum atomic E-state index is 11.0. The summed E-state index contributed by atoms with van der Waals surface area (Å²) < 4.78 is 10.3. The van der Waals surface area contributed by atoms with Crippen LogP contribution in [-0.2, 0) is 0 Å². The molecule has 0 aliphatic heterocycles. The van der Waals surface area contributed by atoms with Crippen LogP contribution in [0, 0.1) is 0 Å². The molecule has 0 amide bonds. The van der Waals surface area contributed by atoms with E-state index < -0.39 is 3.42 Å². The molecule has 0 N–H and O–H groups in total. The molecule has 0 aromatic carbocycles. The zero-order valence-corrected chi connectivity index (χ0v) is 4.49. The second-order valence-corrected chi connectivity index (χ2v) is 2.24. The summed E-state index contributed by atoms with van der Waals surface area (Å²) in [5, 5.41) is 0. The van der Waals surface area contributed by atoms with Crippen molar-refractivity contribution in [3.05, 3.63) is 0 Å². The van der Waals surface area contributed by atoms with Crippen molar-refractivity contribution in [3.8, 4) is 0 Å². The summed E-state index contributed by atoms with van der Waals surface area (Å²) in [4.78, 5) is 0. The molecular formula is BFILi. The van der Waals surface area contributed by atoms with Gasteiger partial charge in [-0.1, -0.05) is 0 Å². The third-order valence-corrected chi connectivity index (χ3v) is 0. The molecule has 0 aliphatic carbocycles. The van der Waals surface area contributed by atoms with Crippen LogP contribution in [-0.4, -0.2) is 20.9 Å². The van der Waals surface area contributed by atoms with E-state index in [0.29, 0.717) is 0 Å². The first-order valence-corrected chi connectivity index (χ1v) is 2.26. The SMILES string of the molecule is [Li][B](F)I. The predicted octanol–water partition coefficient (Wildman–Crippen LogP) is 0.544. The molecule has 0 heterocycles. The number of hydrogen-bond acceptors (Lipinski definition) is 0. The fourth-order valence-corrected chi connectivity index (χ4v) is 0. The van der Waals surface area contributed by atoms with Crippen LogP contribution in [0.2, 0.25) is 0 Å². The van der Waals surface area contributed by atoms with Gasteiger partial charge in [0.05, 0.1) is 0 Å². The molecule has 0 nitrogen and oxygen atoms in total. The molecule has 0 atom stereocenters. The van der Waals surface area contributed by atoms with Gasteiger partial charge in [-0.25, -0.2) is 0 Å². The summed E-state index contributed by atoms with van der Waals surface area (Å²) >= 11 is 3.16.